The fourth-order valence-electron chi connectivity index (χ4n) is 1.95. The van der Waals surface area contributed by atoms with E-state index >= 15 is 0 Å². The first-order chi connectivity index (χ1) is 8.08. The monoisotopic (exact) mass is 249 g/mol. The Bertz CT molecular complexity index is 519. The van der Waals surface area contributed by atoms with Gasteiger partial charge >= 0.3 is 0 Å². The van der Waals surface area contributed by atoms with Crippen LogP contribution in [0.25, 0.3) is 0 Å². The van der Waals surface area contributed by atoms with Gasteiger partial charge in [-0.05, 0) is 30.2 Å². The van der Waals surface area contributed by atoms with E-state index in [2.05, 4.69) is 4.98 Å². The number of nitrogens with zero attached hydrogens (tertiary/aromatic N) is 2. The maximum absolute atomic E-state index is 6.21. The van der Waals surface area contributed by atoms with Crippen molar-refractivity contribution in [2.45, 2.75) is 19.4 Å². The molecule has 4 heteroatoms. The van der Waals surface area contributed by atoms with E-state index in [1.165, 1.54) is 0 Å². The average Bonchev–Trinajstić information content (AvgIpc) is 2.64. The molecule has 1 unspecified atom stereocenters. The van der Waals surface area contributed by atoms with Crippen LogP contribution >= 0.6 is 11.6 Å². The van der Waals surface area contributed by atoms with Gasteiger partial charge in [0.25, 0.3) is 0 Å². The SMILES string of the molecule is Cc1cc(Cl)ccc1C(N)Cc1nccn1C. The van der Waals surface area contributed by atoms with Crippen molar-refractivity contribution in [3.63, 3.8) is 0 Å². The highest BCUT2D eigenvalue weighted by Gasteiger charge is 2.12. The van der Waals surface area contributed by atoms with E-state index in [4.69, 9.17) is 17.3 Å². The zero-order valence-corrected chi connectivity index (χ0v) is 10.8. The van der Waals surface area contributed by atoms with E-state index < -0.39 is 0 Å². The molecule has 90 valence electrons. The lowest BCUT2D eigenvalue weighted by atomic mass is 9.99. The Balaban J connectivity index is 2.20. The molecule has 0 saturated carbocycles. The molecule has 0 fully saturated rings. The molecule has 0 radical (unpaired) electrons. The van der Waals surface area contributed by atoms with Crippen LogP contribution in [-0.4, -0.2) is 9.55 Å². The number of halogens is 1. The second kappa shape index (κ2) is 4.90. The Morgan fingerprint density at radius 3 is 2.82 bits per heavy atom. The van der Waals surface area contributed by atoms with Crippen LogP contribution in [0.15, 0.2) is 30.6 Å². The van der Waals surface area contributed by atoms with Gasteiger partial charge in [-0.25, -0.2) is 4.98 Å². The molecule has 0 spiro atoms. The summed E-state index contributed by atoms with van der Waals surface area (Å²) in [5.41, 5.74) is 8.46. The number of rotatable bonds is 3. The number of benzene rings is 1. The minimum absolute atomic E-state index is 0.0478. The number of hydrogen-bond donors (Lipinski definition) is 1. The lowest BCUT2D eigenvalue weighted by Gasteiger charge is -2.14. The van der Waals surface area contributed by atoms with Crippen LogP contribution in [0.2, 0.25) is 5.02 Å². The van der Waals surface area contributed by atoms with Crippen molar-refractivity contribution in [3.05, 3.63) is 52.6 Å². The van der Waals surface area contributed by atoms with Gasteiger partial charge in [0.15, 0.2) is 0 Å². The number of hydrogen-bond acceptors (Lipinski definition) is 2. The van der Waals surface area contributed by atoms with E-state index in [1.807, 2.05) is 42.9 Å². The summed E-state index contributed by atoms with van der Waals surface area (Å²) in [4.78, 5) is 4.29. The van der Waals surface area contributed by atoms with Crippen LogP contribution < -0.4 is 5.73 Å². The molecule has 1 aromatic carbocycles. The Labute approximate surface area is 106 Å². The molecule has 2 aromatic rings. The fourth-order valence-corrected chi connectivity index (χ4v) is 2.18. The van der Waals surface area contributed by atoms with Gasteiger partial charge in [-0.2, -0.15) is 0 Å². The third-order valence-electron chi connectivity index (χ3n) is 2.95. The normalized spacial score (nSPS) is 12.7. The van der Waals surface area contributed by atoms with Crippen LogP contribution in [0.1, 0.15) is 23.0 Å². The summed E-state index contributed by atoms with van der Waals surface area (Å²) >= 11 is 5.93. The maximum atomic E-state index is 6.21. The molecule has 2 N–H and O–H groups in total. The third-order valence-corrected chi connectivity index (χ3v) is 3.19. The minimum Gasteiger partial charge on any atom is -0.338 e. The highest BCUT2D eigenvalue weighted by molar-refractivity contribution is 6.30. The number of imidazole rings is 1. The quantitative estimate of drug-likeness (QED) is 0.909. The topological polar surface area (TPSA) is 43.8 Å². The predicted octanol–water partition coefficient (Wildman–Crippen LogP) is 2.62. The number of nitrogens with two attached hydrogens (primary N) is 1. The molecule has 1 heterocycles. The smallest absolute Gasteiger partial charge is 0.110 e. The van der Waals surface area contributed by atoms with E-state index in [0.29, 0.717) is 0 Å². The predicted molar refractivity (Wildman–Crippen MR) is 70.0 cm³/mol. The molecule has 1 aromatic heterocycles. The molecule has 1 atom stereocenters. The molecule has 0 aliphatic heterocycles. The molecular weight excluding hydrogens is 234 g/mol. The van der Waals surface area contributed by atoms with Gasteiger partial charge in [0, 0.05) is 36.9 Å². The Morgan fingerprint density at radius 2 is 2.24 bits per heavy atom. The first-order valence-corrected chi connectivity index (χ1v) is 5.93. The Kier molecular flexibility index (Phi) is 3.50. The standard InChI is InChI=1S/C13H16ClN3/c1-9-7-10(14)3-4-11(9)12(15)8-13-16-5-6-17(13)2/h3-7,12H,8,15H2,1-2H3. The summed E-state index contributed by atoms with van der Waals surface area (Å²) in [5, 5.41) is 0.746. The fraction of sp³-hybridized carbons (Fsp3) is 0.308. The Hall–Kier alpha value is -1.32. The van der Waals surface area contributed by atoms with Crippen molar-refractivity contribution in [2.75, 3.05) is 0 Å². The van der Waals surface area contributed by atoms with Crippen LogP contribution in [0.5, 0.6) is 0 Å². The maximum Gasteiger partial charge on any atom is 0.110 e. The first kappa shape index (κ1) is 12.1. The van der Waals surface area contributed by atoms with Gasteiger partial charge in [0.2, 0.25) is 0 Å². The van der Waals surface area contributed by atoms with Gasteiger partial charge in [-0.15, -0.1) is 0 Å². The summed E-state index contributed by atoms with van der Waals surface area (Å²) in [6, 6.07) is 5.76. The van der Waals surface area contributed by atoms with Gasteiger partial charge < -0.3 is 10.3 Å². The lowest BCUT2D eigenvalue weighted by molar-refractivity contribution is 0.656. The van der Waals surface area contributed by atoms with Crippen molar-refractivity contribution in [3.8, 4) is 0 Å². The van der Waals surface area contributed by atoms with Crippen molar-refractivity contribution in [1.29, 1.82) is 0 Å². The summed E-state index contributed by atoms with van der Waals surface area (Å²) in [7, 11) is 1.98. The molecule has 0 saturated heterocycles. The number of aryl methyl sites for hydroxylation is 2. The van der Waals surface area contributed by atoms with Gasteiger partial charge in [-0.3, -0.25) is 0 Å². The van der Waals surface area contributed by atoms with Crippen molar-refractivity contribution >= 4 is 11.6 Å². The van der Waals surface area contributed by atoms with Gasteiger partial charge in [-0.1, -0.05) is 17.7 Å². The zero-order valence-electron chi connectivity index (χ0n) is 10.0. The number of aromatic nitrogens is 2. The molecule has 2 rings (SSSR count). The van der Waals surface area contributed by atoms with Crippen LogP contribution in [0.3, 0.4) is 0 Å². The molecule has 17 heavy (non-hydrogen) atoms. The first-order valence-electron chi connectivity index (χ1n) is 5.55. The molecule has 0 aliphatic carbocycles. The third kappa shape index (κ3) is 2.68. The van der Waals surface area contributed by atoms with E-state index in [1.54, 1.807) is 6.20 Å². The average molecular weight is 250 g/mol. The highest BCUT2D eigenvalue weighted by Crippen LogP contribution is 2.22. The molecule has 3 nitrogen and oxygen atoms in total. The van der Waals surface area contributed by atoms with Crippen LogP contribution in [-0.2, 0) is 13.5 Å². The summed E-state index contributed by atoms with van der Waals surface area (Å²) in [6.45, 7) is 2.03. The molecule has 0 aliphatic rings. The minimum atomic E-state index is -0.0478. The van der Waals surface area contributed by atoms with E-state index in [0.717, 1.165) is 28.4 Å². The molecule has 0 bridgehead atoms. The summed E-state index contributed by atoms with van der Waals surface area (Å²) in [5.74, 6) is 0.992. The summed E-state index contributed by atoms with van der Waals surface area (Å²) < 4.78 is 1.99. The van der Waals surface area contributed by atoms with Crippen LogP contribution in [0, 0.1) is 6.92 Å². The Morgan fingerprint density at radius 1 is 1.47 bits per heavy atom. The molecular formula is C13H16ClN3. The second-order valence-electron chi connectivity index (χ2n) is 4.27. The largest absolute Gasteiger partial charge is 0.338 e. The van der Waals surface area contributed by atoms with E-state index in [-0.39, 0.29) is 6.04 Å². The van der Waals surface area contributed by atoms with Crippen molar-refractivity contribution < 1.29 is 0 Å². The lowest BCUT2D eigenvalue weighted by Crippen LogP contribution is -2.16. The van der Waals surface area contributed by atoms with E-state index in [9.17, 15) is 0 Å². The molecule has 0 amide bonds. The van der Waals surface area contributed by atoms with Crippen molar-refractivity contribution in [1.82, 2.24) is 9.55 Å². The van der Waals surface area contributed by atoms with Crippen LogP contribution in [0.4, 0.5) is 0 Å². The zero-order chi connectivity index (χ0) is 12.4. The van der Waals surface area contributed by atoms with Gasteiger partial charge in [0.05, 0.1) is 0 Å². The summed E-state index contributed by atoms with van der Waals surface area (Å²) in [6.07, 6.45) is 4.44. The van der Waals surface area contributed by atoms with Gasteiger partial charge in [0.1, 0.15) is 5.82 Å². The second-order valence-corrected chi connectivity index (χ2v) is 4.70. The highest BCUT2D eigenvalue weighted by atomic mass is 35.5. The van der Waals surface area contributed by atoms with Crippen molar-refractivity contribution in [2.24, 2.45) is 12.8 Å².